The number of para-hydroxylation sites is 3. The van der Waals surface area contributed by atoms with Gasteiger partial charge in [-0.3, -0.25) is 4.90 Å². The first-order valence-electron chi connectivity index (χ1n) is 8.59. The lowest BCUT2D eigenvalue weighted by Crippen LogP contribution is -2.47. The molecule has 0 aromatic heterocycles. The fourth-order valence-corrected chi connectivity index (χ4v) is 3.25. The summed E-state index contributed by atoms with van der Waals surface area (Å²) in [4.78, 5) is 4.67. The molecule has 1 N–H and O–H groups in total. The highest BCUT2D eigenvalue weighted by Crippen LogP contribution is 2.27. The Labute approximate surface area is 144 Å². The summed E-state index contributed by atoms with van der Waals surface area (Å²) in [6.07, 6.45) is 0. The third-order valence-electron chi connectivity index (χ3n) is 4.66. The van der Waals surface area contributed by atoms with E-state index in [0.717, 1.165) is 44.2 Å². The van der Waals surface area contributed by atoms with E-state index in [2.05, 4.69) is 41.8 Å². The summed E-state index contributed by atoms with van der Waals surface area (Å²) in [5.41, 5.74) is 3.32. The van der Waals surface area contributed by atoms with Crippen molar-refractivity contribution in [1.82, 2.24) is 4.90 Å². The first kappa shape index (κ1) is 16.7. The Hall–Kier alpha value is -2.20. The number of anilines is 1. The number of hydrogen-bond donors (Lipinski definition) is 1. The van der Waals surface area contributed by atoms with Crippen LogP contribution in [0.1, 0.15) is 11.1 Å². The third-order valence-corrected chi connectivity index (χ3v) is 4.66. The zero-order chi connectivity index (χ0) is 16.9. The smallest absolute Gasteiger partial charge is 0.138 e. The average Bonchev–Trinajstić information content (AvgIpc) is 2.59. The molecule has 4 heteroatoms. The van der Waals surface area contributed by atoms with E-state index in [1.54, 1.807) is 6.07 Å². The number of aromatic hydroxyl groups is 1. The normalized spacial score (nSPS) is 15.5. The highest BCUT2D eigenvalue weighted by atomic mass is 16.5. The average molecular weight is 326 g/mol. The van der Waals surface area contributed by atoms with Gasteiger partial charge in [-0.25, -0.2) is 0 Å². The van der Waals surface area contributed by atoms with Crippen LogP contribution in [0.3, 0.4) is 0 Å². The maximum atomic E-state index is 9.97. The van der Waals surface area contributed by atoms with Crippen LogP contribution < -0.4 is 9.64 Å². The van der Waals surface area contributed by atoms with Gasteiger partial charge in [-0.2, -0.15) is 0 Å². The second kappa shape index (κ2) is 7.58. The number of nitrogens with zero attached hydrogens (tertiary/aromatic N) is 2. The molecule has 1 heterocycles. The molecule has 128 valence electrons. The highest BCUT2D eigenvalue weighted by Gasteiger charge is 2.18. The van der Waals surface area contributed by atoms with Gasteiger partial charge < -0.3 is 14.7 Å². The molecule has 0 atom stereocenters. The summed E-state index contributed by atoms with van der Waals surface area (Å²) in [7, 11) is 0. The number of rotatable bonds is 5. The number of hydrogen-bond acceptors (Lipinski definition) is 4. The number of piperazine rings is 1. The molecule has 0 saturated carbocycles. The molecular weight excluding hydrogens is 300 g/mol. The van der Waals surface area contributed by atoms with E-state index in [9.17, 15) is 5.11 Å². The van der Waals surface area contributed by atoms with E-state index in [1.165, 1.54) is 11.1 Å². The first-order chi connectivity index (χ1) is 11.6. The van der Waals surface area contributed by atoms with Gasteiger partial charge in [0.25, 0.3) is 0 Å². The fourth-order valence-electron chi connectivity index (χ4n) is 3.25. The second-order valence-electron chi connectivity index (χ2n) is 6.39. The molecule has 0 amide bonds. The molecule has 1 aliphatic rings. The summed E-state index contributed by atoms with van der Waals surface area (Å²) < 4.78 is 6.01. The standard InChI is InChI=1S/C20H26N2O2/c1-16-6-5-7-17(2)20(16)24-15-14-21-10-12-22(13-11-21)18-8-3-4-9-19(18)23/h3-9,23H,10-15H2,1-2H3. The fraction of sp³-hybridized carbons (Fsp3) is 0.400. The van der Waals surface area contributed by atoms with E-state index in [-0.39, 0.29) is 0 Å². The largest absolute Gasteiger partial charge is 0.506 e. The lowest BCUT2D eigenvalue weighted by atomic mass is 10.1. The van der Waals surface area contributed by atoms with Crippen LogP contribution in [0.4, 0.5) is 5.69 Å². The molecular formula is C20H26N2O2. The zero-order valence-electron chi connectivity index (χ0n) is 14.5. The predicted octanol–water partition coefficient (Wildman–Crippen LogP) is 3.21. The van der Waals surface area contributed by atoms with Gasteiger partial charge in [-0.1, -0.05) is 30.3 Å². The summed E-state index contributed by atoms with van der Waals surface area (Å²) in [5, 5.41) is 9.97. The molecule has 24 heavy (non-hydrogen) atoms. The molecule has 1 aliphatic heterocycles. The van der Waals surface area contributed by atoms with Gasteiger partial charge in [-0.15, -0.1) is 0 Å². The lowest BCUT2D eigenvalue weighted by Gasteiger charge is -2.36. The zero-order valence-corrected chi connectivity index (χ0v) is 14.5. The van der Waals surface area contributed by atoms with Crippen molar-refractivity contribution in [2.75, 3.05) is 44.2 Å². The van der Waals surface area contributed by atoms with Crippen LogP contribution in [-0.2, 0) is 0 Å². The van der Waals surface area contributed by atoms with Gasteiger partial charge >= 0.3 is 0 Å². The third kappa shape index (κ3) is 3.82. The van der Waals surface area contributed by atoms with Gasteiger partial charge in [0, 0.05) is 32.7 Å². The van der Waals surface area contributed by atoms with Crippen molar-refractivity contribution in [3.05, 3.63) is 53.6 Å². The maximum Gasteiger partial charge on any atom is 0.138 e. The SMILES string of the molecule is Cc1cccc(C)c1OCCN1CCN(c2ccccc2O)CC1. The lowest BCUT2D eigenvalue weighted by molar-refractivity contribution is 0.199. The first-order valence-corrected chi connectivity index (χ1v) is 8.59. The van der Waals surface area contributed by atoms with E-state index < -0.39 is 0 Å². The highest BCUT2D eigenvalue weighted by molar-refractivity contribution is 5.57. The van der Waals surface area contributed by atoms with Crippen LogP contribution in [0, 0.1) is 13.8 Å². The maximum absolute atomic E-state index is 9.97. The molecule has 0 bridgehead atoms. The summed E-state index contributed by atoms with van der Waals surface area (Å²) in [5.74, 6) is 1.38. The molecule has 4 nitrogen and oxygen atoms in total. The van der Waals surface area contributed by atoms with Crippen molar-refractivity contribution in [2.24, 2.45) is 0 Å². The van der Waals surface area contributed by atoms with E-state index >= 15 is 0 Å². The van der Waals surface area contributed by atoms with Crippen molar-refractivity contribution >= 4 is 5.69 Å². The summed E-state index contributed by atoms with van der Waals surface area (Å²) >= 11 is 0. The Balaban J connectivity index is 1.47. The van der Waals surface area contributed by atoms with Crippen LogP contribution in [0.25, 0.3) is 0 Å². The summed E-state index contributed by atoms with van der Waals surface area (Å²) in [6.45, 7) is 9.67. The van der Waals surface area contributed by atoms with Crippen molar-refractivity contribution in [1.29, 1.82) is 0 Å². The Bertz CT molecular complexity index is 659. The van der Waals surface area contributed by atoms with Gasteiger partial charge in [0.15, 0.2) is 0 Å². The van der Waals surface area contributed by atoms with Crippen LogP contribution >= 0.6 is 0 Å². The topological polar surface area (TPSA) is 35.9 Å². The quantitative estimate of drug-likeness (QED) is 0.915. The van der Waals surface area contributed by atoms with Crippen LogP contribution in [-0.4, -0.2) is 49.3 Å². The van der Waals surface area contributed by atoms with Crippen molar-refractivity contribution in [2.45, 2.75) is 13.8 Å². The van der Waals surface area contributed by atoms with Crippen LogP contribution in [0.2, 0.25) is 0 Å². The monoisotopic (exact) mass is 326 g/mol. The van der Waals surface area contributed by atoms with E-state index in [0.29, 0.717) is 12.4 Å². The van der Waals surface area contributed by atoms with Crippen molar-refractivity contribution in [3.8, 4) is 11.5 Å². The molecule has 2 aromatic rings. The molecule has 0 aliphatic carbocycles. The summed E-state index contributed by atoms with van der Waals surface area (Å²) in [6, 6.07) is 13.8. The molecule has 0 unspecified atom stereocenters. The van der Waals surface area contributed by atoms with Crippen LogP contribution in [0.15, 0.2) is 42.5 Å². The minimum atomic E-state index is 0.365. The van der Waals surface area contributed by atoms with E-state index in [4.69, 9.17) is 4.74 Å². The second-order valence-corrected chi connectivity index (χ2v) is 6.39. The number of phenolic OH excluding ortho intramolecular Hbond substituents is 1. The Morgan fingerprint density at radius 3 is 2.25 bits per heavy atom. The Morgan fingerprint density at radius 1 is 0.917 bits per heavy atom. The van der Waals surface area contributed by atoms with Crippen LogP contribution in [0.5, 0.6) is 11.5 Å². The molecule has 0 spiro atoms. The molecule has 1 saturated heterocycles. The molecule has 1 fully saturated rings. The predicted molar refractivity (Wildman–Crippen MR) is 98.2 cm³/mol. The van der Waals surface area contributed by atoms with Gasteiger partial charge in [0.2, 0.25) is 0 Å². The van der Waals surface area contributed by atoms with Crippen molar-refractivity contribution < 1.29 is 9.84 Å². The number of benzene rings is 2. The van der Waals surface area contributed by atoms with E-state index in [1.807, 2.05) is 18.2 Å². The Morgan fingerprint density at radius 2 is 1.58 bits per heavy atom. The molecule has 2 aromatic carbocycles. The number of ether oxygens (including phenoxy) is 1. The Kier molecular flexibility index (Phi) is 5.26. The number of phenols is 1. The minimum Gasteiger partial charge on any atom is -0.506 e. The van der Waals surface area contributed by atoms with Crippen molar-refractivity contribution in [3.63, 3.8) is 0 Å². The number of aryl methyl sites for hydroxylation is 2. The van der Waals surface area contributed by atoms with Gasteiger partial charge in [-0.05, 0) is 37.1 Å². The molecule has 3 rings (SSSR count). The minimum absolute atomic E-state index is 0.365. The van der Waals surface area contributed by atoms with Gasteiger partial charge in [0.05, 0.1) is 5.69 Å². The molecule has 0 radical (unpaired) electrons. The van der Waals surface area contributed by atoms with Gasteiger partial charge in [0.1, 0.15) is 18.1 Å².